The van der Waals surface area contributed by atoms with Crippen LogP contribution in [0.1, 0.15) is 54.8 Å². The van der Waals surface area contributed by atoms with Crippen molar-refractivity contribution in [2.75, 3.05) is 0 Å². The van der Waals surface area contributed by atoms with Crippen molar-refractivity contribution in [3.8, 4) is 0 Å². The Morgan fingerprint density at radius 2 is 2.06 bits per heavy atom. The molecule has 88 valence electrons. The molecule has 1 heterocycles. The van der Waals surface area contributed by atoms with E-state index in [0.717, 1.165) is 11.3 Å². The number of aryl methyl sites for hydroxylation is 1. The number of hydrogen-bond donors (Lipinski definition) is 2. The normalized spacial score (nSPS) is 17.6. The van der Waals surface area contributed by atoms with Crippen LogP contribution >= 0.6 is 0 Å². The summed E-state index contributed by atoms with van der Waals surface area (Å²) < 4.78 is 0. The van der Waals surface area contributed by atoms with Crippen LogP contribution in [0.15, 0.2) is 10.9 Å². The lowest BCUT2D eigenvalue weighted by atomic mass is 9.82. The van der Waals surface area contributed by atoms with E-state index < -0.39 is 0 Å². The van der Waals surface area contributed by atoms with Gasteiger partial charge in [-0.15, -0.1) is 0 Å². The van der Waals surface area contributed by atoms with Crippen LogP contribution in [0.25, 0.3) is 0 Å². The Labute approximate surface area is 96.1 Å². The summed E-state index contributed by atoms with van der Waals surface area (Å²) in [5.74, 6) is 0.549. The Morgan fingerprint density at radius 3 is 2.69 bits per heavy atom. The number of H-pyrrole nitrogens is 1. The first-order valence-corrected chi connectivity index (χ1v) is 6.15. The zero-order chi connectivity index (χ0) is 11.5. The summed E-state index contributed by atoms with van der Waals surface area (Å²) in [5.41, 5.74) is 8.63. The smallest absolute Gasteiger partial charge is 0.252 e. The molecule has 1 aromatic rings. The molecule has 1 aromatic heterocycles. The second-order valence-corrected chi connectivity index (χ2v) is 4.75. The fourth-order valence-corrected chi connectivity index (χ4v) is 2.73. The van der Waals surface area contributed by atoms with Crippen molar-refractivity contribution in [1.29, 1.82) is 0 Å². The second-order valence-electron chi connectivity index (χ2n) is 4.75. The molecule has 1 fully saturated rings. The van der Waals surface area contributed by atoms with E-state index in [2.05, 4.69) is 11.1 Å². The third-order valence-corrected chi connectivity index (χ3v) is 3.55. The zero-order valence-electron chi connectivity index (χ0n) is 9.88. The van der Waals surface area contributed by atoms with Crippen LogP contribution in [0.5, 0.6) is 0 Å². The van der Waals surface area contributed by atoms with Gasteiger partial charge in [-0.3, -0.25) is 4.79 Å². The lowest BCUT2D eigenvalue weighted by molar-refractivity contribution is 0.440. The summed E-state index contributed by atoms with van der Waals surface area (Å²) in [5, 5.41) is 0. The number of nitrogens with one attached hydrogen (secondary N) is 1. The molecule has 0 aliphatic heterocycles. The summed E-state index contributed by atoms with van der Waals surface area (Å²) in [7, 11) is 0. The van der Waals surface area contributed by atoms with E-state index in [1.54, 1.807) is 0 Å². The second kappa shape index (κ2) is 4.83. The number of nitrogens with two attached hydrogens (primary N) is 1. The van der Waals surface area contributed by atoms with Crippen molar-refractivity contribution in [3.05, 3.63) is 33.2 Å². The average Bonchev–Trinajstić information content (AvgIpc) is 2.29. The van der Waals surface area contributed by atoms with E-state index in [-0.39, 0.29) is 5.56 Å². The minimum Gasteiger partial charge on any atom is -0.326 e. The molecule has 0 radical (unpaired) electrons. The number of rotatable bonds is 2. The summed E-state index contributed by atoms with van der Waals surface area (Å²) in [6.45, 7) is 2.29. The van der Waals surface area contributed by atoms with E-state index in [4.69, 9.17) is 5.73 Å². The minimum atomic E-state index is 0.00285. The van der Waals surface area contributed by atoms with E-state index in [1.807, 2.05) is 6.92 Å². The van der Waals surface area contributed by atoms with Crippen molar-refractivity contribution >= 4 is 0 Å². The van der Waals surface area contributed by atoms with Gasteiger partial charge in [-0.05, 0) is 37.3 Å². The van der Waals surface area contributed by atoms with E-state index in [9.17, 15) is 4.79 Å². The molecule has 0 unspecified atom stereocenters. The van der Waals surface area contributed by atoms with Gasteiger partial charge in [0.25, 0.3) is 5.56 Å². The van der Waals surface area contributed by atoms with Gasteiger partial charge in [0.1, 0.15) is 0 Å². The van der Waals surface area contributed by atoms with Gasteiger partial charge < -0.3 is 10.7 Å². The Morgan fingerprint density at radius 1 is 1.38 bits per heavy atom. The maximum Gasteiger partial charge on any atom is 0.252 e. The Hall–Kier alpha value is -1.09. The van der Waals surface area contributed by atoms with E-state index >= 15 is 0 Å². The molecule has 2 rings (SSSR count). The molecule has 0 amide bonds. The van der Waals surface area contributed by atoms with Gasteiger partial charge in [0.15, 0.2) is 0 Å². The lowest BCUT2D eigenvalue weighted by Crippen LogP contribution is -2.22. The SMILES string of the molecule is Cc1cc(C2CCCCC2)c(CN)c(=O)[nH]1. The molecule has 0 bridgehead atoms. The van der Waals surface area contributed by atoms with Gasteiger partial charge >= 0.3 is 0 Å². The van der Waals surface area contributed by atoms with Gasteiger partial charge in [-0.25, -0.2) is 0 Å². The number of aromatic amines is 1. The van der Waals surface area contributed by atoms with Crippen molar-refractivity contribution in [2.24, 2.45) is 5.73 Å². The Balaban J connectivity index is 2.41. The highest BCUT2D eigenvalue weighted by atomic mass is 16.1. The molecule has 3 N–H and O–H groups in total. The lowest BCUT2D eigenvalue weighted by Gasteiger charge is -2.24. The summed E-state index contributed by atoms with van der Waals surface area (Å²) in [4.78, 5) is 14.6. The highest BCUT2D eigenvalue weighted by Gasteiger charge is 2.19. The molecule has 0 spiro atoms. The van der Waals surface area contributed by atoms with Crippen LogP contribution in [0.3, 0.4) is 0 Å². The van der Waals surface area contributed by atoms with E-state index in [1.165, 1.54) is 37.7 Å². The molecule has 3 heteroatoms. The first-order chi connectivity index (χ1) is 7.72. The first kappa shape index (κ1) is 11.4. The van der Waals surface area contributed by atoms with Crippen molar-refractivity contribution in [3.63, 3.8) is 0 Å². The standard InChI is InChI=1S/C13H20N2O/c1-9-7-11(10-5-3-2-4-6-10)12(8-14)13(16)15-9/h7,10H,2-6,8,14H2,1H3,(H,15,16). The molecular formula is C13H20N2O. The van der Waals surface area contributed by atoms with Crippen molar-refractivity contribution in [1.82, 2.24) is 4.98 Å². The van der Waals surface area contributed by atoms with Crippen molar-refractivity contribution < 1.29 is 0 Å². The number of hydrogen-bond acceptors (Lipinski definition) is 2. The fourth-order valence-electron chi connectivity index (χ4n) is 2.73. The summed E-state index contributed by atoms with van der Waals surface area (Å²) in [6.07, 6.45) is 6.30. The Kier molecular flexibility index (Phi) is 3.44. The van der Waals surface area contributed by atoms with Gasteiger partial charge in [0.05, 0.1) is 0 Å². The average molecular weight is 220 g/mol. The molecular weight excluding hydrogens is 200 g/mol. The summed E-state index contributed by atoms with van der Waals surface area (Å²) in [6, 6.07) is 2.11. The maximum absolute atomic E-state index is 11.8. The zero-order valence-corrected chi connectivity index (χ0v) is 9.88. The molecule has 1 aliphatic rings. The molecule has 0 saturated heterocycles. The molecule has 0 aromatic carbocycles. The van der Waals surface area contributed by atoms with Crippen LogP contribution in [-0.4, -0.2) is 4.98 Å². The highest BCUT2D eigenvalue weighted by molar-refractivity contribution is 5.30. The predicted molar refractivity (Wildman–Crippen MR) is 65.5 cm³/mol. The topological polar surface area (TPSA) is 58.9 Å². The third-order valence-electron chi connectivity index (χ3n) is 3.55. The molecule has 1 saturated carbocycles. The van der Waals surface area contributed by atoms with Gasteiger partial charge in [0.2, 0.25) is 0 Å². The van der Waals surface area contributed by atoms with Gasteiger partial charge in [-0.1, -0.05) is 19.3 Å². The third kappa shape index (κ3) is 2.19. The highest BCUT2D eigenvalue weighted by Crippen LogP contribution is 2.33. The van der Waals surface area contributed by atoms with Crippen LogP contribution in [0, 0.1) is 6.92 Å². The quantitative estimate of drug-likeness (QED) is 0.802. The summed E-state index contributed by atoms with van der Waals surface area (Å²) >= 11 is 0. The van der Waals surface area contributed by atoms with Crippen LogP contribution < -0.4 is 11.3 Å². The predicted octanol–water partition coefficient (Wildman–Crippen LogP) is 2.19. The van der Waals surface area contributed by atoms with Crippen LogP contribution in [-0.2, 0) is 6.54 Å². The maximum atomic E-state index is 11.8. The fraction of sp³-hybridized carbons (Fsp3) is 0.615. The van der Waals surface area contributed by atoms with Gasteiger partial charge in [0, 0.05) is 17.8 Å². The molecule has 3 nitrogen and oxygen atoms in total. The van der Waals surface area contributed by atoms with E-state index in [0.29, 0.717) is 12.5 Å². The molecule has 16 heavy (non-hydrogen) atoms. The van der Waals surface area contributed by atoms with Crippen molar-refractivity contribution in [2.45, 2.75) is 51.5 Å². The minimum absolute atomic E-state index is 0.00285. The van der Waals surface area contributed by atoms with Crippen LogP contribution in [0.4, 0.5) is 0 Å². The first-order valence-electron chi connectivity index (χ1n) is 6.15. The Bertz CT molecular complexity index is 416. The van der Waals surface area contributed by atoms with Crippen LogP contribution in [0.2, 0.25) is 0 Å². The monoisotopic (exact) mass is 220 g/mol. The number of aromatic nitrogens is 1. The molecule has 1 aliphatic carbocycles. The van der Waals surface area contributed by atoms with Gasteiger partial charge in [-0.2, -0.15) is 0 Å². The number of pyridine rings is 1. The molecule has 0 atom stereocenters. The largest absolute Gasteiger partial charge is 0.326 e.